The molecule has 28 heavy (non-hydrogen) atoms. The van der Waals surface area contributed by atoms with Gasteiger partial charge in [-0.25, -0.2) is 9.97 Å². The fourth-order valence-electron chi connectivity index (χ4n) is 3.65. The molecule has 4 nitrogen and oxygen atoms in total. The second-order valence-electron chi connectivity index (χ2n) is 7.59. The third-order valence-electron chi connectivity index (χ3n) is 5.28. The Kier molecular flexibility index (Phi) is 5.60. The summed E-state index contributed by atoms with van der Waals surface area (Å²) in [4.78, 5) is 9.55. The van der Waals surface area contributed by atoms with Gasteiger partial charge in [-0.1, -0.05) is 41.4 Å². The van der Waals surface area contributed by atoms with Crippen molar-refractivity contribution in [1.82, 2.24) is 9.97 Å². The minimum Gasteiger partial charge on any atom is -0.367 e. The highest BCUT2D eigenvalue weighted by Crippen LogP contribution is 2.26. The first-order valence-electron chi connectivity index (χ1n) is 9.81. The molecule has 3 aromatic rings. The minimum atomic E-state index is 0.334. The second-order valence-corrected chi connectivity index (χ2v) is 8.03. The molecule has 2 aromatic carbocycles. The number of halogens is 1. The van der Waals surface area contributed by atoms with Crippen molar-refractivity contribution in [1.29, 1.82) is 0 Å². The molecule has 0 radical (unpaired) electrons. The zero-order chi connectivity index (χ0) is 19.5. The normalized spacial score (nSPS) is 20.0. The molecule has 1 saturated carbocycles. The monoisotopic (exact) mass is 392 g/mol. The van der Waals surface area contributed by atoms with E-state index in [1.807, 2.05) is 36.4 Å². The highest BCUT2D eigenvalue weighted by Gasteiger charge is 2.19. The Morgan fingerprint density at radius 3 is 2.50 bits per heavy atom. The van der Waals surface area contributed by atoms with Gasteiger partial charge in [-0.15, -0.1) is 0 Å². The largest absolute Gasteiger partial charge is 0.367 e. The van der Waals surface area contributed by atoms with Crippen molar-refractivity contribution < 1.29 is 0 Å². The zero-order valence-electron chi connectivity index (χ0n) is 16.0. The fourth-order valence-corrected chi connectivity index (χ4v) is 3.77. The lowest BCUT2D eigenvalue weighted by Gasteiger charge is -2.27. The predicted octanol–water partition coefficient (Wildman–Crippen LogP) is 5.44. The Bertz CT molecular complexity index is 989. The molecular formula is C23H25ClN4. The summed E-state index contributed by atoms with van der Waals surface area (Å²) in [5, 5.41) is 5.46. The first kappa shape index (κ1) is 18.9. The van der Waals surface area contributed by atoms with E-state index in [9.17, 15) is 0 Å². The molecule has 0 unspecified atom stereocenters. The van der Waals surface area contributed by atoms with Crippen molar-refractivity contribution in [2.45, 2.75) is 44.7 Å². The number of aromatic nitrogens is 2. The lowest BCUT2D eigenvalue weighted by atomic mass is 9.92. The number of hydrogen-bond acceptors (Lipinski definition) is 4. The number of nitrogens with zero attached hydrogens (tertiary/aromatic N) is 2. The van der Waals surface area contributed by atoms with Gasteiger partial charge in [-0.2, -0.15) is 0 Å². The van der Waals surface area contributed by atoms with Crippen LogP contribution in [0, 0.1) is 6.92 Å². The maximum atomic E-state index is 6.06. The molecule has 4 rings (SSSR count). The van der Waals surface area contributed by atoms with Crippen LogP contribution in [0.15, 0.2) is 42.5 Å². The summed E-state index contributed by atoms with van der Waals surface area (Å²) in [6, 6.07) is 14.8. The smallest absolute Gasteiger partial charge is 0.154 e. The number of fused-ring (bicyclic) bond motifs is 1. The molecule has 5 heteroatoms. The summed E-state index contributed by atoms with van der Waals surface area (Å²) >= 11 is 5.96. The molecule has 0 aliphatic heterocycles. The second kappa shape index (κ2) is 8.29. The summed E-state index contributed by atoms with van der Waals surface area (Å²) in [7, 11) is 0. The van der Waals surface area contributed by atoms with Gasteiger partial charge in [-0.05, 0) is 68.5 Å². The van der Waals surface area contributed by atoms with Crippen LogP contribution in [0.5, 0.6) is 0 Å². The Hall–Kier alpha value is -2.43. The highest BCUT2D eigenvalue weighted by molar-refractivity contribution is 6.30. The quantitative estimate of drug-likeness (QED) is 0.620. The molecule has 144 valence electrons. The highest BCUT2D eigenvalue weighted by atomic mass is 35.5. The van der Waals surface area contributed by atoms with Gasteiger partial charge in [0.25, 0.3) is 0 Å². The molecule has 0 saturated heterocycles. The van der Waals surface area contributed by atoms with Crippen LogP contribution in [0.2, 0.25) is 5.02 Å². The van der Waals surface area contributed by atoms with Gasteiger partial charge in [0, 0.05) is 22.5 Å². The van der Waals surface area contributed by atoms with Crippen LogP contribution in [-0.4, -0.2) is 22.1 Å². The summed E-state index contributed by atoms with van der Waals surface area (Å²) in [6.45, 7) is 2.09. The van der Waals surface area contributed by atoms with Crippen molar-refractivity contribution in [2.24, 2.45) is 5.73 Å². The third-order valence-corrected chi connectivity index (χ3v) is 5.53. The summed E-state index contributed by atoms with van der Waals surface area (Å²) in [5.74, 6) is 1.60. The molecule has 0 spiro atoms. The van der Waals surface area contributed by atoms with Crippen molar-refractivity contribution in [3.63, 3.8) is 0 Å². The number of hydrogen-bond donors (Lipinski definition) is 2. The molecular weight excluding hydrogens is 368 g/mol. The number of nitrogens with two attached hydrogens (primary N) is 1. The molecule has 1 fully saturated rings. The van der Waals surface area contributed by atoms with E-state index in [0.29, 0.717) is 17.9 Å². The van der Waals surface area contributed by atoms with Gasteiger partial charge >= 0.3 is 0 Å². The van der Waals surface area contributed by atoms with Crippen LogP contribution in [0.25, 0.3) is 23.1 Å². The van der Waals surface area contributed by atoms with Crippen molar-refractivity contribution in [3.8, 4) is 0 Å². The van der Waals surface area contributed by atoms with Gasteiger partial charge in [0.2, 0.25) is 0 Å². The van der Waals surface area contributed by atoms with E-state index in [4.69, 9.17) is 27.3 Å². The maximum absolute atomic E-state index is 6.06. The summed E-state index contributed by atoms with van der Waals surface area (Å²) in [5.41, 5.74) is 9.27. The summed E-state index contributed by atoms with van der Waals surface area (Å²) in [6.07, 6.45) is 8.23. The molecule has 1 aliphatic carbocycles. The Balaban J connectivity index is 1.65. The van der Waals surface area contributed by atoms with Crippen molar-refractivity contribution in [3.05, 3.63) is 64.4 Å². The Morgan fingerprint density at radius 1 is 1.00 bits per heavy atom. The molecule has 1 heterocycles. The van der Waals surface area contributed by atoms with Crippen LogP contribution >= 0.6 is 11.6 Å². The topological polar surface area (TPSA) is 63.8 Å². The predicted molar refractivity (Wildman–Crippen MR) is 119 cm³/mol. The lowest BCUT2D eigenvalue weighted by molar-refractivity contribution is 0.410. The maximum Gasteiger partial charge on any atom is 0.154 e. The average Bonchev–Trinajstić information content (AvgIpc) is 2.70. The van der Waals surface area contributed by atoms with Crippen LogP contribution < -0.4 is 11.1 Å². The number of aryl methyl sites for hydroxylation is 1. The molecule has 0 atom stereocenters. The van der Waals surface area contributed by atoms with Gasteiger partial charge in [0.15, 0.2) is 5.82 Å². The molecule has 1 aliphatic rings. The number of benzene rings is 2. The van der Waals surface area contributed by atoms with Crippen LogP contribution in [-0.2, 0) is 0 Å². The first-order chi connectivity index (χ1) is 13.6. The number of anilines is 1. The van der Waals surface area contributed by atoms with E-state index in [1.54, 1.807) is 0 Å². The standard InChI is InChI=1S/C23H25ClN4/c1-15-2-12-21-20(14-15)23(26-19-10-8-18(25)9-11-19)28-22(27-21)13-5-16-3-6-17(24)7-4-16/h2-7,12-14,18-19H,8-11,25H2,1H3,(H,26,27,28)/b13-5-. The van der Waals surface area contributed by atoms with Crippen molar-refractivity contribution in [2.75, 3.05) is 5.32 Å². The molecule has 1 aromatic heterocycles. The minimum absolute atomic E-state index is 0.334. The van der Waals surface area contributed by atoms with Gasteiger partial charge in [0.05, 0.1) is 5.52 Å². The van der Waals surface area contributed by atoms with Crippen LogP contribution in [0.4, 0.5) is 5.82 Å². The van der Waals surface area contributed by atoms with Crippen molar-refractivity contribution >= 4 is 40.5 Å². The SMILES string of the molecule is Cc1ccc2nc(/C=C\c3ccc(Cl)cc3)nc(NC3CCC(N)CC3)c2c1. The van der Waals surface area contributed by atoms with Crippen LogP contribution in [0.1, 0.15) is 42.6 Å². The van der Waals surface area contributed by atoms with E-state index < -0.39 is 0 Å². The molecule has 0 amide bonds. The van der Waals surface area contributed by atoms with Gasteiger partial charge in [-0.3, -0.25) is 0 Å². The lowest BCUT2D eigenvalue weighted by Crippen LogP contribution is -2.33. The average molecular weight is 393 g/mol. The van der Waals surface area contributed by atoms with E-state index in [0.717, 1.165) is 53.0 Å². The summed E-state index contributed by atoms with van der Waals surface area (Å²) < 4.78 is 0. The van der Waals surface area contributed by atoms with Crippen LogP contribution in [0.3, 0.4) is 0 Å². The van der Waals surface area contributed by atoms with Gasteiger partial charge < -0.3 is 11.1 Å². The Labute approximate surface area is 170 Å². The third kappa shape index (κ3) is 4.51. The molecule has 3 N–H and O–H groups in total. The van der Waals surface area contributed by atoms with E-state index >= 15 is 0 Å². The Morgan fingerprint density at radius 2 is 1.75 bits per heavy atom. The first-order valence-corrected chi connectivity index (χ1v) is 10.2. The number of rotatable bonds is 4. The van der Waals surface area contributed by atoms with Gasteiger partial charge in [0.1, 0.15) is 5.82 Å². The molecule has 0 bridgehead atoms. The number of nitrogens with one attached hydrogen (secondary N) is 1. The van der Waals surface area contributed by atoms with E-state index in [1.165, 1.54) is 5.56 Å². The van der Waals surface area contributed by atoms with E-state index in [-0.39, 0.29) is 0 Å². The fraction of sp³-hybridized carbons (Fsp3) is 0.304. The zero-order valence-corrected chi connectivity index (χ0v) is 16.8. The van der Waals surface area contributed by atoms with E-state index in [2.05, 4.69) is 30.4 Å².